The zero-order valence-corrected chi connectivity index (χ0v) is 13.0. The molecule has 0 aliphatic carbocycles. The molecule has 0 aromatic rings. The molecule has 9 heteroatoms. The van der Waals surface area contributed by atoms with E-state index < -0.39 is 42.8 Å². The third-order valence-corrected chi connectivity index (χ3v) is 4.25. The van der Waals surface area contributed by atoms with Crippen molar-refractivity contribution in [2.75, 3.05) is 19.7 Å². The van der Waals surface area contributed by atoms with Gasteiger partial charge in [0.05, 0.1) is 13.2 Å². The first-order valence-corrected chi connectivity index (χ1v) is 7.72. The molecule has 1 saturated heterocycles. The maximum Gasteiger partial charge on any atom is 0.325 e. The normalized spacial score (nSPS) is 38.8. The number of aliphatic hydroxyl groups excluding tert-OH is 3. The Morgan fingerprint density at radius 1 is 1.33 bits per heavy atom. The van der Waals surface area contributed by atoms with Crippen LogP contribution in [0.2, 0.25) is 0 Å². The summed E-state index contributed by atoms with van der Waals surface area (Å²) in [5.41, 5.74) is 5.15. The number of nitrogens with zero attached hydrogens (tertiary/aromatic N) is 2. The van der Waals surface area contributed by atoms with Gasteiger partial charge in [0.15, 0.2) is 6.23 Å². The number of nitrogens with two attached hydrogens (primary N) is 1. The van der Waals surface area contributed by atoms with E-state index in [4.69, 9.17) is 15.6 Å². The van der Waals surface area contributed by atoms with E-state index in [9.17, 15) is 15.0 Å². The van der Waals surface area contributed by atoms with Crippen molar-refractivity contribution in [1.82, 2.24) is 15.1 Å². The number of allylic oxidation sites excluding steroid dienone is 2. The topological polar surface area (TPSA) is 132 Å². The van der Waals surface area contributed by atoms with Gasteiger partial charge in [-0.3, -0.25) is 4.90 Å². The van der Waals surface area contributed by atoms with Gasteiger partial charge in [0.2, 0.25) is 0 Å². The second kappa shape index (κ2) is 6.54. The highest BCUT2D eigenvalue weighted by atomic mass is 16.6. The first kappa shape index (κ1) is 16.9. The molecule has 0 bridgehead atoms. The molecule has 24 heavy (non-hydrogen) atoms. The number of aliphatic hydroxyl groups is 3. The van der Waals surface area contributed by atoms with Gasteiger partial charge in [0.25, 0.3) is 0 Å². The summed E-state index contributed by atoms with van der Waals surface area (Å²) in [7, 11) is 0. The Morgan fingerprint density at radius 2 is 2.12 bits per heavy atom. The van der Waals surface area contributed by atoms with Gasteiger partial charge in [0, 0.05) is 12.7 Å². The fraction of sp³-hybridized carbons (Fsp3) is 0.533. The highest BCUT2D eigenvalue weighted by Crippen LogP contribution is 2.26. The Hall–Kier alpha value is -1.91. The minimum atomic E-state index is -1.32. The average Bonchev–Trinajstić information content (AvgIpc) is 2.83. The molecule has 1 unspecified atom stereocenters. The van der Waals surface area contributed by atoms with Crippen molar-refractivity contribution in [3.8, 4) is 0 Å². The summed E-state index contributed by atoms with van der Waals surface area (Å²) in [6.07, 6.45) is 6.09. The molecule has 5 atom stereocenters. The largest absolute Gasteiger partial charge is 0.394 e. The van der Waals surface area contributed by atoms with E-state index in [1.165, 1.54) is 6.20 Å². The number of carbonyl (C=O) groups excluding carboxylic acids is 1. The summed E-state index contributed by atoms with van der Waals surface area (Å²) in [5.74, 6) is 0. The summed E-state index contributed by atoms with van der Waals surface area (Å²) in [5, 5.41) is 31.6. The lowest BCUT2D eigenvalue weighted by Crippen LogP contribution is -2.66. The molecule has 2 amide bonds. The van der Waals surface area contributed by atoms with Gasteiger partial charge in [-0.05, 0) is 18.4 Å². The Kier molecular flexibility index (Phi) is 4.61. The van der Waals surface area contributed by atoms with Crippen LogP contribution in [0.3, 0.4) is 0 Å². The van der Waals surface area contributed by atoms with E-state index in [0.717, 1.165) is 4.90 Å². The van der Waals surface area contributed by atoms with E-state index in [-0.39, 0.29) is 0 Å². The van der Waals surface area contributed by atoms with Crippen LogP contribution in [-0.2, 0) is 4.74 Å². The van der Waals surface area contributed by atoms with Crippen LogP contribution in [0.15, 0.2) is 36.7 Å². The van der Waals surface area contributed by atoms with Gasteiger partial charge in [0.1, 0.15) is 24.0 Å². The van der Waals surface area contributed by atoms with Gasteiger partial charge >= 0.3 is 6.03 Å². The molecular weight excluding hydrogens is 316 g/mol. The predicted octanol–water partition coefficient (Wildman–Crippen LogP) is -2.00. The monoisotopic (exact) mass is 338 g/mol. The van der Waals surface area contributed by atoms with Gasteiger partial charge < -0.3 is 36.0 Å². The molecular formula is C15H22N4O5. The first-order valence-electron chi connectivity index (χ1n) is 7.72. The number of hydrogen-bond acceptors (Lipinski definition) is 7. The molecule has 0 aromatic heterocycles. The van der Waals surface area contributed by atoms with Crippen molar-refractivity contribution in [2.45, 2.75) is 30.2 Å². The molecule has 0 spiro atoms. The minimum Gasteiger partial charge on any atom is -0.394 e. The second-order valence-corrected chi connectivity index (χ2v) is 6.12. The number of urea groups is 1. The lowest BCUT2D eigenvalue weighted by atomic mass is 10.1. The van der Waals surface area contributed by atoms with Crippen LogP contribution in [0.1, 0.15) is 0 Å². The average molecular weight is 338 g/mol. The minimum absolute atomic E-state index is 0.375. The number of carbonyl (C=O) groups is 1. The third-order valence-electron chi connectivity index (χ3n) is 4.25. The Morgan fingerprint density at radius 3 is 2.71 bits per heavy atom. The highest BCUT2D eigenvalue weighted by molar-refractivity contribution is 5.78. The lowest BCUT2D eigenvalue weighted by molar-refractivity contribution is -0.0670. The molecule has 132 valence electrons. The maximum absolute atomic E-state index is 12.4. The fourth-order valence-electron chi connectivity index (χ4n) is 2.95. The van der Waals surface area contributed by atoms with Gasteiger partial charge in [-0.15, -0.1) is 0 Å². The van der Waals surface area contributed by atoms with Crippen molar-refractivity contribution < 1.29 is 24.9 Å². The third kappa shape index (κ3) is 3.17. The van der Waals surface area contributed by atoms with Crippen LogP contribution >= 0.6 is 0 Å². The maximum atomic E-state index is 12.4. The summed E-state index contributed by atoms with van der Waals surface area (Å²) in [6.45, 7) is 0.612. The summed E-state index contributed by atoms with van der Waals surface area (Å²) in [6, 6.07) is -0.550. The second-order valence-electron chi connectivity index (χ2n) is 6.12. The summed E-state index contributed by atoms with van der Waals surface area (Å²) in [4.78, 5) is 15.5. The van der Waals surface area contributed by atoms with Crippen molar-refractivity contribution in [3.05, 3.63) is 36.7 Å². The van der Waals surface area contributed by atoms with Crippen molar-refractivity contribution >= 4 is 6.03 Å². The molecule has 3 rings (SSSR count). The van der Waals surface area contributed by atoms with Crippen LogP contribution in [-0.4, -0.2) is 81.0 Å². The van der Waals surface area contributed by atoms with Crippen LogP contribution in [0.25, 0.3) is 0 Å². The molecule has 3 aliphatic heterocycles. The van der Waals surface area contributed by atoms with Crippen molar-refractivity contribution in [1.29, 1.82) is 0 Å². The van der Waals surface area contributed by atoms with E-state index in [1.54, 1.807) is 6.08 Å². The summed E-state index contributed by atoms with van der Waals surface area (Å²) < 4.78 is 5.36. The Balaban J connectivity index is 1.69. The molecule has 0 saturated carbocycles. The highest BCUT2D eigenvalue weighted by Gasteiger charge is 2.47. The van der Waals surface area contributed by atoms with Crippen molar-refractivity contribution in [3.63, 3.8) is 0 Å². The van der Waals surface area contributed by atoms with E-state index in [2.05, 4.69) is 5.32 Å². The lowest BCUT2D eigenvalue weighted by Gasteiger charge is -2.40. The van der Waals surface area contributed by atoms with Gasteiger partial charge in [-0.2, -0.15) is 0 Å². The fourth-order valence-corrected chi connectivity index (χ4v) is 2.95. The molecule has 1 fully saturated rings. The zero-order valence-electron chi connectivity index (χ0n) is 13.0. The zero-order chi connectivity index (χ0) is 17.3. The van der Waals surface area contributed by atoms with Gasteiger partial charge in [-0.25, -0.2) is 4.79 Å². The number of nitrogens with one attached hydrogen (secondary N) is 1. The Bertz CT molecular complexity index is 580. The van der Waals surface area contributed by atoms with Crippen LogP contribution in [0, 0.1) is 0 Å². The number of rotatable bonds is 4. The van der Waals surface area contributed by atoms with Crippen LogP contribution < -0.4 is 11.1 Å². The molecule has 6 N–H and O–H groups in total. The summed E-state index contributed by atoms with van der Waals surface area (Å²) >= 11 is 0. The number of hydrogen-bond donors (Lipinski definition) is 5. The molecule has 0 radical (unpaired) electrons. The van der Waals surface area contributed by atoms with Crippen LogP contribution in [0.5, 0.6) is 0 Å². The molecule has 9 nitrogen and oxygen atoms in total. The molecule has 3 heterocycles. The predicted molar refractivity (Wildman–Crippen MR) is 84.0 cm³/mol. The first-order chi connectivity index (χ1) is 11.4. The van der Waals surface area contributed by atoms with Gasteiger partial charge in [-0.1, -0.05) is 12.2 Å². The Labute approximate surface area is 139 Å². The SMILES string of the molecule is NC1(CN2C=CC=CC2)C=CN([C@@H]2O[C@H](CO)[C@@H](O)[C@H]2O)C(=O)N1. The van der Waals surface area contributed by atoms with E-state index in [1.807, 2.05) is 29.3 Å². The quantitative estimate of drug-likeness (QED) is 0.401. The number of ether oxygens (including phenoxy) is 1. The van der Waals surface area contributed by atoms with E-state index >= 15 is 0 Å². The smallest absolute Gasteiger partial charge is 0.325 e. The molecule has 3 aliphatic rings. The van der Waals surface area contributed by atoms with Crippen molar-refractivity contribution in [2.24, 2.45) is 5.73 Å². The number of amides is 2. The standard InChI is InChI=1S/C15H22N4O5/c16-15(9-18-5-2-1-3-6-18)4-7-19(14(23)17-15)13-12(22)11(21)10(8-20)24-13/h1-5,7,10-13,20-22H,6,8-9,16H2,(H,17,23)/t10-,11-,12-,13-,15?/m1/s1. The van der Waals surface area contributed by atoms with Crippen LogP contribution in [0.4, 0.5) is 4.79 Å². The molecule has 0 aromatic carbocycles. The van der Waals surface area contributed by atoms with E-state index in [0.29, 0.717) is 13.1 Å².